The summed E-state index contributed by atoms with van der Waals surface area (Å²) in [5.41, 5.74) is 0. The van der Waals surface area contributed by atoms with Crippen LogP contribution in [0.5, 0.6) is 0 Å². The molecule has 1 aliphatic carbocycles. The van der Waals surface area contributed by atoms with Crippen molar-refractivity contribution in [2.24, 2.45) is 11.8 Å². The molecule has 1 fully saturated rings. The Morgan fingerprint density at radius 2 is 1.89 bits per heavy atom. The summed E-state index contributed by atoms with van der Waals surface area (Å²) in [5, 5.41) is 13.2. The highest BCUT2D eigenvalue weighted by atomic mass is 16.5. The summed E-state index contributed by atoms with van der Waals surface area (Å²) in [4.78, 5) is 0. The minimum atomic E-state index is -0.388. The maximum absolute atomic E-state index is 9.84. The van der Waals surface area contributed by atoms with E-state index in [0.29, 0.717) is 25.1 Å². The molecule has 1 rings (SSSR count). The third-order valence-electron chi connectivity index (χ3n) is 3.46. The van der Waals surface area contributed by atoms with E-state index >= 15 is 0 Å². The molecule has 0 aromatic rings. The first-order valence-corrected chi connectivity index (χ1v) is 7.50. The van der Waals surface area contributed by atoms with Gasteiger partial charge in [-0.3, -0.25) is 0 Å². The van der Waals surface area contributed by atoms with Gasteiger partial charge in [0.25, 0.3) is 0 Å². The van der Waals surface area contributed by atoms with Gasteiger partial charge in [0, 0.05) is 12.6 Å². The summed E-state index contributed by atoms with van der Waals surface area (Å²) in [6.45, 7) is 9.75. The largest absolute Gasteiger partial charge is 0.389 e. The second-order valence-corrected chi connectivity index (χ2v) is 6.42. The first-order valence-electron chi connectivity index (χ1n) is 7.50. The number of rotatable bonds is 10. The van der Waals surface area contributed by atoms with Gasteiger partial charge >= 0.3 is 0 Å². The summed E-state index contributed by atoms with van der Waals surface area (Å²) >= 11 is 0. The average molecular weight is 257 g/mol. The van der Waals surface area contributed by atoms with Crippen LogP contribution in [0, 0.1) is 11.8 Å². The molecular formula is C15H31NO2. The second-order valence-electron chi connectivity index (χ2n) is 6.42. The molecular weight excluding hydrogens is 226 g/mol. The Balaban J connectivity index is 1.99. The highest BCUT2D eigenvalue weighted by Crippen LogP contribution is 2.33. The molecule has 0 aromatic carbocycles. The number of hydrogen-bond donors (Lipinski definition) is 2. The quantitative estimate of drug-likeness (QED) is 0.632. The molecule has 3 unspecified atom stereocenters. The van der Waals surface area contributed by atoms with Crippen LogP contribution < -0.4 is 5.32 Å². The van der Waals surface area contributed by atoms with Crippen molar-refractivity contribution in [2.75, 3.05) is 13.2 Å². The highest BCUT2D eigenvalue weighted by Gasteiger charge is 2.23. The second kappa shape index (κ2) is 8.13. The maximum Gasteiger partial charge on any atom is 0.0897 e. The van der Waals surface area contributed by atoms with Gasteiger partial charge in [0.2, 0.25) is 0 Å². The Morgan fingerprint density at radius 3 is 2.44 bits per heavy atom. The molecule has 0 aliphatic heterocycles. The SMILES string of the molecule is CC(C)CC(C)OCC(O)CNC(C)CC1CC1. The molecule has 0 heterocycles. The van der Waals surface area contributed by atoms with E-state index in [0.717, 1.165) is 12.3 Å². The smallest absolute Gasteiger partial charge is 0.0897 e. The molecule has 18 heavy (non-hydrogen) atoms. The van der Waals surface area contributed by atoms with Crippen molar-refractivity contribution in [3.63, 3.8) is 0 Å². The van der Waals surface area contributed by atoms with Crippen LogP contribution in [0.3, 0.4) is 0 Å². The molecule has 3 nitrogen and oxygen atoms in total. The minimum Gasteiger partial charge on any atom is -0.389 e. The van der Waals surface area contributed by atoms with Gasteiger partial charge in [0.05, 0.1) is 18.8 Å². The maximum atomic E-state index is 9.84. The molecule has 0 aromatic heterocycles. The van der Waals surface area contributed by atoms with Crippen LogP contribution >= 0.6 is 0 Å². The van der Waals surface area contributed by atoms with Gasteiger partial charge in [-0.05, 0) is 38.5 Å². The Labute approximate surface area is 112 Å². The molecule has 0 saturated heterocycles. The van der Waals surface area contributed by atoms with Crippen LogP contribution in [-0.4, -0.2) is 36.5 Å². The van der Waals surface area contributed by atoms with E-state index < -0.39 is 0 Å². The molecule has 108 valence electrons. The third-order valence-corrected chi connectivity index (χ3v) is 3.46. The Hall–Kier alpha value is -0.120. The van der Waals surface area contributed by atoms with Crippen molar-refractivity contribution in [1.82, 2.24) is 5.32 Å². The van der Waals surface area contributed by atoms with Gasteiger partial charge < -0.3 is 15.2 Å². The zero-order valence-corrected chi connectivity index (χ0v) is 12.5. The summed E-state index contributed by atoms with van der Waals surface area (Å²) in [6.07, 6.45) is 4.94. The van der Waals surface area contributed by atoms with Gasteiger partial charge in [0.15, 0.2) is 0 Å². The number of aliphatic hydroxyl groups excluding tert-OH is 1. The number of aliphatic hydroxyl groups is 1. The van der Waals surface area contributed by atoms with Crippen molar-refractivity contribution in [3.05, 3.63) is 0 Å². The Morgan fingerprint density at radius 1 is 1.22 bits per heavy atom. The molecule has 0 radical (unpaired) electrons. The van der Waals surface area contributed by atoms with Crippen LogP contribution in [0.1, 0.15) is 53.4 Å². The molecule has 0 amide bonds. The average Bonchev–Trinajstić information content (AvgIpc) is 3.06. The molecule has 0 bridgehead atoms. The first-order chi connectivity index (χ1) is 8.47. The molecule has 1 saturated carbocycles. The lowest BCUT2D eigenvalue weighted by Gasteiger charge is -2.20. The van der Waals surface area contributed by atoms with Gasteiger partial charge in [-0.15, -0.1) is 0 Å². The summed E-state index contributed by atoms with van der Waals surface area (Å²) in [5.74, 6) is 1.58. The van der Waals surface area contributed by atoms with Crippen LogP contribution in [0.15, 0.2) is 0 Å². The van der Waals surface area contributed by atoms with E-state index in [-0.39, 0.29) is 12.2 Å². The lowest BCUT2D eigenvalue weighted by molar-refractivity contribution is -0.00922. The van der Waals surface area contributed by atoms with Crippen molar-refractivity contribution in [3.8, 4) is 0 Å². The van der Waals surface area contributed by atoms with Crippen molar-refractivity contribution >= 4 is 0 Å². The van der Waals surface area contributed by atoms with Gasteiger partial charge in [0.1, 0.15) is 0 Å². The normalized spacial score (nSPS) is 21.0. The van der Waals surface area contributed by atoms with Crippen molar-refractivity contribution in [2.45, 2.75) is 71.6 Å². The molecule has 2 N–H and O–H groups in total. The number of nitrogens with one attached hydrogen (secondary N) is 1. The van der Waals surface area contributed by atoms with Crippen molar-refractivity contribution in [1.29, 1.82) is 0 Å². The lowest BCUT2D eigenvalue weighted by Crippen LogP contribution is -2.36. The Bertz CT molecular complexity index is 203. The van der Waals surface area contributed by atoms with E-state index in [1.807, 2.05) is 0 Å². The fourth-order valence-corrected chi connectivity index (χ4v) is 2.34. The number of ether oxygens (including phenoxy) is 1. The molecule has 1 aliphatic rings. The molecule has 0 spiro atoms. The van der Waals surface area contributed by atoms with Gasteiger partial charge in [-0.1, -0.05) is 26.7 Å². The molecule has 3 heteroatoms. The van der Waals surface area contributed by atoms with Crippen molar-refractivity contribution < 1.29 is 9.84 Å². The first kappa shape index (κ1) is 15.9. The standard InChI is InChI=1S/C15H31NO2/c1-11(2)7-13(4)18-10-15(17)9-16-12(3)8-14-5-6-14/h11-17H,5-10H2,1-4H3. The topological polar surface area (TPSA) is 41.5 Å². The van der Waals surface area contributed by atoms with E-state index in [2.05, 4.69) is 33.0 Å². The predicted octanol–water partition coefficient (Wildman–Crippen LogP) is 2.58. The Kier molecular flexibility index (Phi) is 7.20. The van der Waals surface area contributed by atoms with E-state index in [9.17, 15) is 5.11 Å². The fraction of sp³-hybridized carbons (Fsp3) is 1.00. The summed E-state index contributed by atoms with van der Waals surface area (Å²) in [6, 6.07) is 0.514. The lowest BCUT2D eigenvalue weighted by atomic mass is 10.1. The fourth-order valence-electron chi connectivity index (χ4n) is 2.34. The van der Waals surface area contributed by atoms with Crippen LogP contribution in [0.25, 0.3) is 0 Å². The summed E-state index contributed by atoms with van der Waals surface area (Å²) < 4.78 is 5.65. The minimum absolute atomic E-state index is 0.239. The van der Waals surface area contributed by atoms with Gasteiger partial charge in [-0.2, -0.15) is 0 Å². The van der Waals surface area contributed by atoms with E-state index in [1.165, 1.54) is 19.3 Å². The third kappa shape index (κ3) is 8.06. The van der Waals surface area contributed by atoms with Crippen LogP contribution in [0.2, 0.25) is 0 Å². The van der Waals surface area contributed by atoms with E-state index in [1.54, 1.807) is 0 Å². The zero-order chi connectivity index (χ0) is 13.5. The number of hydrogen-bond acceptors (Lipinski definition) is 3. The van der Waals surface area contributed by atoms with Gasteiger partial charge in [-0.25, -0.2) is 0 Å². The molecule has 3 atom stereocenters. The highest BCUT2D eigenvalue weighted by molar-refractivity contribution is 4.78. The summed E-state index contributed by atoms with van der Waals surface area (Å²) in [7, 11) is 0. The van der Waals surface area contributed by atoms with E-state index in [4.69, 9.17) is 4.74 Å². The van der Waals surface area contributed by atoms with Crippen LogP contribution in [0.4, 0.5) is 0 Å². The van der Waals surface area contributed by atoms with Crippen LogP contribution in [-0.2, 0) is 4.74 Å². The zero-order valence-electron chi connectivity index (χ0n) is 12.5. The predicted molar refractivity (Wildman–Crippen MR) is 75.7 cm³/mol. The monoisotopic (exact) mass is 257 g/mol.